The van der Waals surface area contributed by atoms with Crippen LogP contribution in [0.4, 0.5) is 5.69 Å². The van der Waals surface area contributed by atoms with Crippen LogP contribution in [0, 0.1) is 5.92 Å². The molecule has 20 heavy (non-hydrogen) atoms. The van der Waals surface area contributed by atoms with Crippen LogP contribution < -0.4 is 10.0 Å². The second-order valence-electron chi connectivity index (χ2n) is 6.07. The van der Waals surface area contributed by atoms with Crippen molar-refractivity contribution < 1.29 is 8.42 Å². The molecule has 1 saturated carbocycles. The van der Waals surface area contributed by atoms with Crippen LogP contribution in [0.5, 0.6) is 0 Å². The van der Waals surface area contributed by atoms with Gasteiger partial charge in [0.25, 0.3) is 0 Å². The molecule has 0 aromatic heterocycles. The molecule has 1 unspecified atom stereocenters. The van der Waals surface area contributed by atoms with E-state index in [4.69, 9.17) is 0 Å². The largest absolute Gasteiger partial charge is 0.381 e. The molecular formula is C15H24N2O2S. The minimum Gasteiger partial charge on any atom is -0.381 e. The van der Waals surface area contributed by atoms with Gasteiger partial charge in [-0.1, -0.05) is 26.0 Å². The summed E-state index contributed by atoms with van der Waals surface area (Å²) in [6.07, 6.45) is 2.89. The fourth-order valence-corrected chi connectivity index (χ4v) is 3.81. The lowest BCUT2D eigenvalue weighted by atomic mass is 10.1. The van der Waals surface area contributed by atoms with Crippen molar-refractivity contribution in [3.8, 4) is 0 Å². The zero-order chi connectivity index (χ0) is 14.8. The van der Waals surface area contributed by atoms with E-state index in [0.717, 1.165) is 19.3 Å². The van der Waals surface area contributed by atoms with Crippen LogP contribution in [0.1, 0.15) is 40.0 Å². The fraction of sp³-hybridized carbons (Fsp3) is 0.600. The molecule has 1 fully saturated rings. The number of benzene rings is 1. The lowest BCUT2D eigenvalue weighted by Gasteiger charge is -2.19. The van der Waals surface area contributed by atoms with Crippen molar-refractivity contribution in [3.05, 3.63) is 24.3 Å². The molecule has 0 saturated heterocycles. The number of sulfonamides is 1. The van der Waals surface area contributed by atoms with Gasteiger partial charge in [0, 0.05) is 12.1 Å². The van der Waals surface area contributed by atoms with Crippen molar-refractivity contribution in [3.63, 3.8) is 0 Å². The Bertz CT molecular complexity index is 551. The average Bonchev–Trinajstić information content (AvgIpc) is 3.11. The minimum absolute atomic E-state index is 0.126. The van der Waals surface area contributed by atoms with Gasteiger partial charge in [-0.05, 0) is 44.2 Å². The number of nitrogens with one attached hydrogen (secondary N) is 2. The Labute approximate surface area is 122 Å². The van der Waals surface area contributed by atoms with E-state index in [2.05, 4.69) is 30.8 Å². The van der Waals surface area contributed by atoms with Crippen LogP contribution in [0.15, 0.2) is 29.2 Å². The van der Waals surface area contributed by atoms with Crippen LogP contribution in [0.25, 0.3) is 0 Å². The number of rotatable bonds is 7. The van der Waals surface area contributed by atoms with E-state index >= 15 is 0 Å². The highest BCUT2D eigenvalue weighted by molar-refractivity contribution is 7.89. The molecule has 5 heteroatoms. The first-order chi connectivity index (χ1) is 9.38. The summed E-state index contributed by atoms with van der Waals surface area (Å²) in [7, 11) is -3.41. The van der Waals surface area contributed by atoms with Crippen molar-refractivity contribution in [2.75, 3.05) is 5.32 Å². The summed E-state index contributed by atoms with van der Waals surface area (Å²) >= 11 is 0. The minimum atomic E-state index is -3.41. The molecule has 0 bridgehead atoms. The van der Waals surface area contributed by atoms with Gasteiger partial charge in [0.2, 0.25) is 10.0 Å². The van der Waals surface area contributed by atoms with Gasteiger partial charge in [-0.2, -0.15) is 0 Å². The maximum Gasteiger partial charge on any atom is 0.242 e. The van der Waals surface area contributed by atoms with Crippen LogP contribution in [-0.4, -0.2) is 20.5 Å². The second kappa shape index (κ2) is 6.14. The standard InChI is InChI=1S/C15H24N2O2S/c1-11(2)10-12(3)16-14-6-4-5-7-15(14)20(18,19)17-13-8-9-13/h4-7,11-13,16-17H,8-10H2,1-3H3. The van der Waals surface area contributed by atoms with Crippen molar-refractivity contribution in [2.24, 2.45) is 5.92 Å². The third-order valence-corrected chi connectivity index (χ3v) is 4.88. The molecule has 2 N–H and O–H groups in total. The molecule has 0 heterocycles. The number of para-hydroxylation sites is 1. The Hall–Kier alpha value is -1.07. The molecule has 0 aliphatic heterocycles. The first-order valence-corrected chi connectivity index (χ1v) is 8.74. The van der Waals surface area contributed by atoms with E-state index in [-0.39, 0.29) is 12.1 Å². The lowest BCUT2D eigenvalue weighted by Crippen LogP contribution is -2.27. The Balaban J connectivity index is 2.17. The van der Waals surface area contributed by atoms with Gasteiger partial charge in [0.15, 0.2) is 0 Å². The number of hydrogen-bond acceptors (Lipinski definition) is 3. The number of anilines is 1. The molecule has 0 spiro atoms. The van der Waals surface area contributed by atoms with Gasteiger partial charge in [-0.3, -0.25) is 0 Å². The smallest absolute Gasteiger partial charge is 0.242 e. The van der Waals surface area contributed by atoms with Crippen LogP contribution in [-0.2, 0) is 10.0 Å². The molecule has 112 valence electrons. The normalized spacial score (nSPS) is 17.2. The Morgan fingerprint density at radius 2 is 1.85 bits per heavy atom. The van der Waals surface area contributed by atoms with E-state index in [0.29, 0.717) is 16.5 Å². The summed E-state index contributed by atoms with van der Waals surface area (Å²) in [6.45, 7) is 6.41. The summed E-state index contributed by atoms with van der Waals surface area (Å²) in [5.74, 6) is 0.575. The topological polar surface area (TPSA) is 58.2 Å². The zero-order valence-corrected chi connectivity index (χ0v) is 13.2. The monoisotopic (exact) mass is 296 g/mol. The maximum atomic E-state index is 12.4. The van der Waals surface area contributed by atoms with Gasteiger partial charge in [-0.15, -0.1) is 0 Å². The summed E-state index contributed by atoms with van der Waals surface area (Å²) in [6, 6.07) is 7.49. The first-order valence-electron chi connectivity index (χ1n) is 7.26. The van der Waals surface area contributed by atoms with Crippen LogP contribution in [0.3, 0.4) is 0 Å². The molecule has 1 aliphatic carbocycles. The van der Waals surface area contributed by atoms with E-state index < -0.39 is 10.0 Å². The Morgan fingerprint density at radius 1 is 1.20 bits per heavy atom. The highest BCUT2D eigenvalue weighted by Crippen LogP contribution is 2.26. The molecule has 1 atom stereocenters. The summed E-state index contributed by atoms with van der Waals surface area (Å²) in [5, 5.41) is 3.32. The third kappa shape index (κ3) is 4.21. The van der Waals surface area contributed by atoms with Crippen molar-refractivity contribution >= 4 is 15.7 Å². The predicted octanol–water partition coefficient (Wildman–Crippen LogP) is 2.97. The van der Waals surface area contributed by atoms with E-state index in [1.807, 2.05) is 12.1 Å². The molecule has 4 nitrogen and oxygen atoms in total. The molecular weight excluding hydrogens is 272 g/mol. The van der Waals surface area contributed by atoms with Crippen LogP contribution >= 0.6 is 0 Å². The summed E-state index contributed by atoms with van der Waals surface area (Å²) in [5.41, 5.74) is 0.689. The average molecular weight is 296 g/mol. The fourth-order valence-electron chi connectivity index (χ4n) is 2.34. The summed E-state index contributed by atoms with van der Waals surface area (Å²) < 4.78 is 27.4. The molecule has 1 aromatic rings. The Morgan fingerprint density at radius 3 is 2.45 bits per heavy atom. The number of hydrogen-bond donors (Lipinski definition) is 2. The van der Waals surface area contributed by atoms with Gasteiger partial charge >= 0.3 is 0 Å². The molecule has 2 rings (SSSR count). The quantitative estimate of drug-likeness (QED) is 0.813. The SMILES string of the molecule is CC(C)CC(C)Nc1ccccc1S(=O)(=O)NC1CC1. The molecule has 1 aromatic carbocycles. The van der Waals surface area contributed by atoms with Gasteiger partial charge < -0.3 is 5.32 Å². The Kier molecular flexibility index (Phi) is 4.70. The van der Waals surface area contributed by atoms with Crippen molar-refractivity contribution in [1.82, 2.24) is 4.72 Å². The van der Waals surface area contributed by atoms with E-state index in [9.17, 15) is 8.42 Å². The van der Waals surface area contributed by atoms with E-state index in [1.54, 1.807) is 12.1 Å². The highest BCUT2D eigenvalue weighted by Gasteiger charge is 2.29. The van der Waals surface area contributed by atoms with Crippen molar-refractivity contribution in [1.29, 1.82) is 0 Å². The van der Waals surface area contributed by atoms with Gasteiger partial charge in [-0.25, -0.2) is 13.1 Å². The van der Waals surface area contributed by atoms with Gasteiger partial charge in [0.1, 0.15) is 4.90 Å². The van der Waals surface area contributed by atoms with E-state index in [1.165, 1.54) is 0 Å². The maximum absolute atomic E-state index is 12.4. The molecule has 0 amide bonds. The van der Waals surface area contributed by atoms with Crippen LogP contribution in [0.2, 0.25) is 0 Å². The van der Waals surface area contributed by atoms with Crippen molar-refractivity contribution in [2.45, 2.75) is 57.0 Å². The van der Waals surface area contributed by atoms with Gasteiger partial charge in [0.05, 0.1) is 5.69 Å². The first kappa shape index (κ1) is 15.3. The highest BCUT2D eigenvalue weighted by atomic mass is 32.2. The third-order valence-electron chi connectivity index (χ3n) is 3.30. The molecule has 1 aliphatic rings. The zero-order valence-electron chi connectivity index (χ0n) is 12.4. The summed E-state index contributed by atoms with van der Waals surface area (Å²) in [4.78, 5) is 0.350. The lowest BCUT2D eigenvalue weighted by molar-refractivity contribution is 0.539. The predicted molar refractivity (Wildman–Crippen MR) is 82.3 cm³/mol. The second-order valence-corrected chi connectivity index (χ2v) is 7.75. The molecule has 0 radical (unpaired) electrons.